The third-order valence-corrected chi connectivity index (χ3v) is 3.41. The van der Waals surface area contributed by atoms with Gasteiger partial charge in [0.1, 0.15) is 0 Å². The molecule has 0 aromatic heterocycles. The van der Waals surface area contributed by atoms with E-state index in [9.17, 15) is 8.78 Å². The number of alkyl halides is 2. The fraction of sp³-hybridized carbons (Fsp3) is 0.188. The van der Waals surface area contributed by atoms with Crippen LogP contribution in [0.25, 0.3) is 0 Å². The molecule has 1 nitrogen and oxygen atoms in total. The summed E-state index contributed by atoms with van der Waals surface area (Å²) in [6.45, 7) is 1.86. The Hall–Kier alpha value is -2.03. The van der Waals surface area contributed by atoms with E-state index in [2.05, 4.69) is 4.99 Å². The van der Waals surface area contributed by atoms with Crippen molar-refractivity contribution >= 4 is 11.4 Å². The highest BCUT2D eigenvalue weighted by molar-refractivity contribution is 6.02. The average Bonchev–Trinajstić information content (AvgIpc) is 2.38. The maximum absolute atomic E-state index is 14.4. The zero-order valence-corrected chi connectivity index (χ0v) is 10.5. The summed E-state index contributed by atoms with van der Waals surface area (Å²) in [7, 11) is 0. The first-order chi connectivity index (χ1) is 9.08. The van der Waals surface area contributed by atoms with Crippen LogP contribution in [-0.4, -0.2) is 5.71 Å². The molecular weight excluding hydrogens is 244 g/mol. The highest BCUT2D eigenvalue weighted by Gasteiger charge is 2.36. The Bertz CT molecular complexity index is 659. The van der Waals surface area contributed by atoms with Crippen LogP contribution in [0.4, 0.5) is 14.5 Å². The van der Waals surface area contributed by atoms with Crippen molar-refractivity contribution in [3.63, 3.8) is 0 Å². The number of fused-ring (bicyclic) bond motifs is 2. The molecule has 0 bridgehead atoms. The third-order valence-electron chi connectivity index (χ3n) is 3.41. The van der Waals surface area contributed by atoms with Crippen molar-refractivity contribution < 1.29 is 8.78 Å². The van der Waals surface area contributed by atoms with Crippen molar-refractivity contribution in [2.75, 3.05) is 0 Å². The van der Waals surface area contributed by atoms with Gasteiger partial charge >= 0.3 is 0 Å². The van der Waals surface area contributed by atoms with Gasteiger partial charge in [0.15, 0.2) is 0 Å². The summed E-state index contributed by atoms with van der Waals surface area (Å²) < 4.78 is 28.7. The van der Waals surface area contributed by atoms with Crippen molar-refractivity contribution in [3.8, 4) is 0 Å². The van der Waals surface area contributed by atoms with Crippen LogP contribution in [0.5, 0.6) is 0 Å². The van der Waals surface area contributed by atoms with E-state index in [-0.39, 0.29) is 12.0 Å². The maximum atomic E-state index is 14.4. The number of para-hydroxylation sites is 1. The summed E-state index contributed by atoms with van der Waals surface area (Å²) in [5, 5.41) is 0. The lowest BCUT2D eigenvalue weighted by atomic mass is 9.92. The Balaban J connectivity index is 2.29. The lowest BCUT2D eigenvalue weighted by molar-refractivity contribution is -0.00333. The standard InChI is InChI=1S/C16H13F2N/c1-11-13-7-3-2-6-12(13)10-16(17,18)14-8-4-5-9-15(14)19-11/h2-9H,10H2,1H3. The first-order valence-electron chi connectivity index (χ1n) is 6.19. The second kappa shape index (κ2) is 4.26. The molecule has 0 spiro atoms. The number of aliphatic imine (C=N–C) groups is 1. The van der Waals surface area contributed by atoms with Crippen LogP contribution in [0.15, 0.2) is 53.5 Å². The fourth-order valence-corrected chi connectivity index (χ4v) is 2.48. The Labute approximate surface area is 110 Å². The maximum Gasteiger partial charge on any atom is 0.279 e. The predicted molar refractivity (Wildman–Crippen MR) is 72.4 cm³/mol. The van der Waals surface area contributed by atoms with Crippen molar-refractivity contribution in [3.05, 3.63) is 65.2 Å². The van der Waals surface area contributed by atoms with Crippen molar-refractivity contribution in [2.45, 2.75) is 19.3 Å². The lowest BCUT2D eigenvalue weighted by Gasteiger charge is -2.23. The van der Waals surface area contributed by atoms with Gasteiger partial charge in [-0.1, -0.05) is 42.5 Å². The van der Waals surface area contributed by atoms with Crippen LogP contribution in [0.3, 0.4) is 0 Å². The molecule has 0 aliphatic carbocycles. The molecule has 3 rings (SSSR count). The molecule has 1 heterocycles. The average molecular weight is 257 g/mol. The minimum Gasteiger partial charge on any atom is -0.253 e. The summed E-state index contributed by atoms with van der Waals surface area (Å²) in [4.78, 5) is 4.37. The van der Waals surface area contributed by atoms with E-state index in [1.165, 1.54) is 6.07 Å². The van der Waals surface area contributed by atoms with Crippen LogP contribution in [-0.2, 0) is 12.3 Å². The second-order valence-corrected chi connectivity index (χ2v) is 4.75. The van der Waals surface area contributed by atoms with Crippen LogP contribution in [0.1, 0.15) is 23.6 Å². The molecule has 1 aliphatic rings. The van der Waals surface area contributed by atoms with E-state index in [1.54, 1.807) is 30.3 Å². The van der Waals surface area contributed by atoms with Crippen molar-refractivity contribution in [2.24, 2.45) is 4.99 Å². The summed E-state index contributed by atoms with van der Waals surface area (Å²) in [5.41, 5.74) is 2.59. The first kappa shape index (κ1) is 12.0. The van der Waals surface area contributed by atoms with E-state index in [0.29, 0.717) is 11.3 Å². The SMILES string of the molecule is CC1=Nc2ccccc2C(F)(F)Cc2ccccc21. The summed E-state index contributed by atoms with van der Waals surface area (Å²) in [6.07, 6.45) is -0.285. The van der Waals surface area contributed by atoms with Gasteiger partial charge in [-0.2, -0.15) is 0 Å². The lowest BCUT2D eigenvalue weighted by Crippen LogP contribution is -2.20. The number of rotatable bonds is 0. The fourth-order valence-electron chi connectivity index (χ4n) is 2.48. The van der Waals surface area contributed by atoms with E-state index >= 15 is 0 Å². The molecule has 19 heavy (non-hydrogen) atoms. The second-order valence-electron chi connectivity index (χ2n) is 4.75. The highest BCUT2D eigenvalue weighted by atomic mass is 19.3. The molecule has 2 aromatic rings. The largest absolute Gasteiger partial charge is 0.279 e. The van der Waals surface area contributed by atoms with Crippen molar-refractivity contribution in [1.82, 2.24) is 0 Å². The normalized spacial score (nSPS) is 16.7. The van der Waals surface area contributed by atoms with Crippen LogP contribution >= 0.6 is 0 Å². The summed E-state index contributed by atoms with van der Waals surface area (Å²) in [6, 6.07) is 13.7. The Kier molecular flexibility index (Phi) is 2.70. The molecule has 3 heteroatoms. The van der Waals surface area contributed by atoms with E-state index < -0.39 is 5.92 Å². The van der Waals surface area contributed by atoms with Gasteiger partial charge in [0.05, 0.1) is 5.69 Å². The molecule has 0 saturated carbocycles. The molecule has 0 unspecified atom stereocenters. The van der Waals surface area contributed by atoms with Gasteiger partial charge in [-0.3, -0.25) is 4.99 Å². The van der Waals surface area contributed by atoms with Gasteiger partial charge in [-0.15, -0.1) is 0 Å². The number of halogens is 2. The van der Waals surface area contributed by atoms with Gasteiger partial charge in [-0.25, -0.2) is 8.78 Å². The number of hydrogen-bond acceptors (Lipinski definition) is 1. The smallest absolute Gasteiger partial charge is 0.253 e. The van der Waals surface area contributed by atoms with Crippen molar-refractivity contribution in [1.29, 1.82) is 0 Å². The highest BCUT2D eigenvalue weighted by Crippen LogP contribution is 2.40. The molecule has 0 saturated heterocycles. The number of benzene rings is 2. The van der Waals surface area contributed by atoms with E-state index in [1.807, 2.05) is 19.1 Å². The number of hydrogen-bond donors (Lipinski definition) is 0. The predicted octanol–water partition coefficient (Wildman–Crippen LogP) is 4.48. The van der Waals surface area contributed by atoms with Crippen LogP contribution < -0.4 is 0 Å². The summed E-state index contributed by atoms with van der Waals surface area (Å²) >= 11 is 0. The van der Waals surface area contributed by atoms with Gasteiger partial charge in [0, 0.05) is 17.7 Å². The molecule has 96 valence electrons. The van der Waals surface area contributed by atoms with Gasteiger partial charge in [-0.05, 0) is 24.1 Å². The minimum absolute atomic E-state index is 0.00357. The molecule has 0 radical (unpaired) electrons. The Morgan fingerprint density at radius 1 is 1.00 bits per heavy atom. The molecule has 0 amide bonds. The third kappa shape index (κ3) is 2.05. The molecule has 0 N–H and O–H groups in total. The van der Waals surface area contributed by atoms with Gasteiger partial charge in [0.2, 0.25) is 0 Å². The Morgan fingerprint density at radius 2 is 1.68 bits per heavy atom. The first-order valence-corrected chi connectivity index (χ1v) is 6.19. The monoisotopic (exact) mass is 257 g/mol. The zero-order chi connectivity index (χ0) is 13.5. The zero-order valence-electron chi connectivity index (χ0n) is 10.5. The van der Waals surface area contributed by atoms with Gasteiger partial charge in [0.25, 0.3) is 5.92 Å². The van der Waals surface area contributed by atoms with Crippen LogP contribution in [0, 0.1) is 0 Å². The molecule has 2 aromatic carbocycles. The van der Waals surface area contributed by atoms with Gasteiger partial charge < -0.3 is 0 Å². The molecule has 1 aliphatic heterocycles. The van der Waals surface area contributed by atoms with Crippen LogP contribution in [0.2, 0.25) is 0 Å². The number of nitrogens with zero attached hydrogens (tertiary/aromatic N) is 1. The van der Waals surface area contributed by atoms with E-state index in [0.717, 1.165) is 11.3 Å². The summed E-state index contributed by atoms with van der Waals surface area (Å²) in [5.74, 6) is -2.89. The molecule has 0 fully saturated rings. The molecule has 0 atom stereocenters. The topological polar surface area (TPSA) is 12.4 Å². The minimum atomic E-state index is -2.89. The molecular formula is C16H13F2N. The quantitative estimate of drug-likeness (QED) is 0.660. The Morgan fingerprint density at radius 3 is 2.53 bits per heavy atom. The van der Waals surface area contributed by atoms with E-state index in [4.69, 9.17) is 0 Å².